The van der Waals surface area contributed by atoms with E-state index in [1.165, 1.54) is 6.07 Å². The fourth-order valence-corrected chi connectivity index (χ4v) is 1.61. The highest BCUT2D eigenvalue weighted by atomic mass is 19.1. The van der Waals surface area contributed by atoms with Crippen molar-refractivity contribution < 1.29 is 9.13 Å². The van der Waals surface area contributed by atoms with Crippen molar-refractivity contribution >= 4 is 0 Å². The van der Waals surface area contributed by atoms with Gasteiger partial charge in [-0.2, -0.15) is 5.26 Å². The van der Waals surface area contributed by atoms with Gasteiger partial charge in [0.2, 0.25) is 0 Å². The van der Waals surface area contributed by atoms with Crippen LogP contribution in [0.15, 0.2) is 18.2 Å². The summed E-state index contributed by atoms with van der Waals surface area (Å²) < 4.78 is 19.4. The van der Waals surface area contributed by atoms with Gasteiger partial charge in [0.25, 0.3) is 0 Å². The second kappa shape index (κ2) is 6.91. The van der Waals surface area contributed by atoms with Crippen molar-refractivity contribution in [1.82, 2.24) is 5.32 Å². The third-order valence-corrected chi connectivity index (χ3v) is 3.11. The predicted octanol–water partition coefficient (Wildman–Crippen LogP) is 4.03. The maximum Gasteiger partial charge on any atom is 0.165 e. The molecule has 1 aromatic rings. The van der Waals surface area contributed by atoms with Crippen LogP contribution in [-0.2, 0) is 6.54 Å². The molecule has 0 atom stereocenters. The van der Waals surface area contributed by atoms with Crippen LogP contribution in [0.5, 0.6) is 5.75 Å². The van der Waals surface area contributed by atoms with Crippen LogP contribution in [-0.4, -0.2) is 12.1 Å². The van der Waals surface area contributed by atoms with Crippen molar-refractivity contribution in [2.75, 3.05) is 6.61 Å². The van der Waals surface area contributed by atoms with E-state index in [0.29, 0.717) is 19.6 Å². The minimum atomic E-state index is -0.451. The zero-order valence-electron chi connectivity index (χ0n) is 13.6. The molecule has 0 fully saturated rings. The summed E-state index contributed by atoms with van der Waals surface area (Å²) in [4.78, 5) is 0. The van der Waals surface area contributed by atoms with Crippen molar-refractivity contribution in [1.29, 1.82) is 5.26 Å². The van der Waals surface area contributed by atoms with Crippen LogP contribution in [0.3, 0.4) is 0 Å². The van der Waals surface area contributed by atoms with Crippen LogP contribution < -0.4 is 10.1 Å². The molecule has 21 heavy (non-hydrogen) atoms. The monoisotopic (exact) mass is 292 g/mol. The predicted molar refractivity (Wildman–Crippen MR) is 82.5 cm³/mol. The smallest absolute Gasteiger partial charge is 0.165 e. The first-order chi connectivity index (χ1) is 9.63. The molecule has 0 spiro atoms. The summed E-state index contributed by atoms with van der Waals surface area (Å²) in [6.45, 7) is 10.8. The molecule has 0 amide bonds. The van der Waals surface area contributed by atoms with Gasteiger partial charge in [-0.05, 0) is 58.7 Å². The van der Waals surface area contributed by atoms with Crippen molar-refractivity contribution in [3.8, 4) is 11.8 Å². The largest absolute Gasteiger partial charge is 0.490 e. The van der Waals surface area contributed by atoms with E-state index in [4.69, 9.17) is 10.00 Å². The topological polar surface area (TPSA) is 45.0 Å². The van der Waals surface area contributed by atoms with E-state index < -0.39 is 5.41 Å². The third kappa shape index (κ3) is 6.59. The Bertz CT molecular complexity index is 513. The maximum atomic E-state index is 14.0. The molecule has 1 N–H and O–H groups in total. The molecular weight excluding hydrogens is 267 g/mol. The van der Waals surface area contributed by atoms with Gasteiger partial charge in [0, 0.05) is 12.1 Å². The Hall–Kier alpha value is -1.60. The van der Waals surface area contributed by atoms with Crippen molar-refractivity contribution in [3.05, 3.63) is 29.6 Å². The molecule has 0 saturated heterocycles. The molecule has 0 unspecified atom stereocenters. The normalized spacial score (nSPS) is 12.0. The molecule has 1 aromatic carbocycles. The van der Waals surface area contributed by atoms with Gasteiger partial charge in [-0.3, -0.25) is 0 Å². The number of rotatable bonds is 6. The summed E-state index contributed by atoms with van der Waals surface area (Å²) in [6, 6.07) is 7.19. The van der Waals surface area contributed by atoms with Gasteiger partial charge in [0.1, 0.15) is 0 Å². The number of nitrogens with one attached hydrogen (secondary N) is 1. The van der Waals surface area contributed by atoms with Crippen molar-refractivity contribution in [3.63, 3.8) is 0 Å². The lowest BCUT2D eigenvalue weighted by Crippen LogP contribution is -2.35. The Labute approximate surface area is 127 Å². The van der Waals surface area contributed by atoms with E-state index in [1.54, 1.807) is 6.07 Å². The molecule has 0 saturated carbocycles. The molecule has 116 valence electrons. The highest BCUT2D eigenvalue weighted by Crippen LogP contribution is 2.22. The fraction of sp³-hybridized carbons (Fsp3) is 0.588. The summed E-state index contributed by atoms with van der Waals surface area (Å²) in [7, 11) is 0. The van der Waals surface area contributed by atoms with Crippen LogP contribution in [0.1, 0.15) is 46.6 Å². The summed E-state index contributed by atoms with van der Waals surface area (Å²) >= 11 is 0. The first-order valence-electron chi connectivity index (χ1n) is 7.20. The average Bonchev–Trinajstić information content (AvgIpc) is 2.38. The second-order valence-corrected chi connectivity index (χ2v) is 6.96. The summed E-state index contributed by atoms with van der Waals surface area (Å²) in [5.41, 5.74) is 0.425. The van der Waals surface area contributed by atoms with Gasteiger partial charge in [0.15, 0.2) is 11.6 Å². The molecular formula is C17H25FN2O. The molecule has 4 heteroatoms. The van der Waals surface area contributed by atoms with Gasteiger partial charge >= 0.3 is 0 Å². The molecule has 1 rings (SSSR count). The summed E-state index contributed by atoms with van der Waals surface area (Å²) in [6.07, 6.45) is 0.566. The van der Waals surface area contributed by atoms with Crippen LogP contribution in [0.4, 0.5) is 4.39 Å². The van der Waals surface area contributed by atoms with Crippen LogP contribution in [0.2, 0.25) is 0 Å². The van der Waals surface area contributed by atoms with Gasteiger partial charge in [-0.1, -0.05) is 6.07 Å². The van der Waals surface area contributed by atoms with Gasteiger partial charge < -0.3 is 10.1 Å². The number of hydrogen-bond donors (Lipinski definition) is 1. The summed E-state index contributed by atoms with van der Waals surface area (Å²) in [5, 5.41) is 12.2. The number of ether oxygens (including phenoxy) is 1. The number of nitrogens with zero attached hydrogens (tertiary/aromatic N) is 1. The lowest BCUT2D eigenvalue weighted by Gasteiger charge is -2.20. The second-order valence-electron chi connectivity index (χ2n) is 6.96. The van der Waals surface area contributed by atoms with Crippen molar-refractivity contribution in [2.45, 2.75) is 53.1 Å². The molecule has 0 aliphatic heterocycles. The number of nitriles is 1. The van der Waals surface area contributed by atoms with E-state index in [-0.39, 0.29) is 17.1 Å². The SMILES string of the molecule is CC(C)(C#N)CCOc1ccc(CNC(C)(C)C)cc1F. The molecule has 0 aromatic heterocycles. The number of benzene rings is 1. The summed E-state index contributed by atoms with van der Waals surface area (Å²) in [5.74, 6) is -0.124. The van der Waals surface area contributed by atoms with E-state index in [0.717, 1.165) is 5.56 Å². The first-order valence-corrected chi connectivity index (χ1v) is 7.20. The molecule has 0 bridgehead atoms. The standard InChI is InChI=1S/C17H25FN2O/c1-16(2,3)20-11-13-6-7-15(14(18)10-13)21-9-8-17(4,5)12-19/h6-7,10,20H,8-9,11H2,1-5H3. The Kier molecular flexibility index (Phi) is 5.74. The van der Waals surface area contributed by atoms with E-state index >= 15 is 0 Å². The highest BCUT2D eigenvalue weighted by molar-refractivity contribution is 5.29. The highest BCUT2D eigenvalue weighted by Gasteiger charge is 2.17. The lowest BCUT2D eigenvalue weighted by molar-refractivity contribution is 0.254. The molecule has 0 aliphatic rings. The zero-order valence-corrected chi connectivity index (χ0v) is 13.6. The minimum Gasteiger partial charge on any atom is -0.490 e. The zero-order chi connectivity index (χ0) is 16.1. The van der Waals surface area contributed by atoms with Gasteiger partial charge in [0.05, 0.1) is 18.1 Å². The van der Waals surface area contributed by atoms with Crippen LogP contribution >= 0.6 is 0 Å². The molecule has 3 nitrogen and oxygen atoms in total. The van der Waals surface area contributed by atoms with E-state index in [2.05, 4.69) is 32.2 Å². The molecule has 0 aliphatic carbocycles. The Morgan fingerprint density at radius 1 is 1.24 bits per heavy atom. The molecule has 0 radical (unpaired) electrons. The van der Waals surface area contributed by atoms with Crippen molar-refractivity contribution in [2.24, 2.45) is 5.41 Å². The van der Waals surface area contributed by atoms with Crippen LogP contribution in [0, 0.1) is 22.6 Å². The Morgan fingerprint density at radius 3 is 2.43 bits per heavy atom. The molecule has 0 heterocycles. The number of halogens is 1. The minimum absolute atomic E-state index is 0.00543. The maximum absolute atomic E-state index is 14.0. The quantitative estimate of drug-likeness (QED) is 0.861. The third-order valence-electron chi connectivity index (χ3n) is 3.11. The number of hydrogen-bond acceptors (Lipinski definition) is 3. The van der Waals surface area contributed by atoms with E-state index in [1.807, 2.05) is 19.9 Å². The van der Waals surface area contributed by atoms with Crippen LogP contribution in [0.25, 0.3) is 0 Å². The average molecular weight is 292 g/mol. The fourth-order valence-electron chi connectivity index (χ4n) is 1.61. The van der Waals surface area contributed by atoms with Gasteiger partial charge in [-0.25, -0.2) is 4.39 Å². The van der Waals surface area contributed by atoms with E-state index in [9.17, 15) is 4.39 Å². The first kappa shape index (κ1) is 17.5. The Balaban J connectivity index is 2.57. The Morgan fingerprint density at radius 2 is 1.90 bits per heavy atom. The lowest BCUT2D eigenvalue weighted by atomic mass is 9.92. The van der Waals surface area contributed by atoms with Gasteiger partial charge in [-0.15, -0.1) is 0 Å².